The highest BCUT2D eigenvalue weighted by molar-refractivity contribution is 6.30. The topological polar surface area (TPSA) is 47.0 Å². The van der Waals surface area contributed by atoms with E-state index < -0.39 is 12.2 Å². The molecule has 2 saturated carbocycles. The number of aromatic nitrogens is 2. The molecular weight excluding hydrogens is 446 g/mol. The Hall–Kier alpha value is -2.61. The number of fused-ring (bicyclic) bond motifs is 2. The Kier molecular flexibility index (Phi) is 5.35. The van der Waals surface area contributed by atoms with Crippen molar-refractivity contribution in [3.8, 4) is 5.75 Å². The van der Waals surface area contributed by atoms with E-state index in [2.05, 4.69) is 15.3 Å². The van der Waals surface area contributed by atoms with Crippen LogP contribution in [0.15, 0.2) is 48.8 Å². The molecule has 2 fully saturated rings. The lowest BCUT2D eigenvalue weighted by molar-refractivity contribution is -0.145. The molecule has 2 aliphatic carbocycles. The van der Waals surface area contributed by atoms with Crippen LogP contribution in [0.5, 0.6) is 5.75 Å². The molecule has 1 N–H and O–H groups in total. The van der Waals surface area contributed by atoms with E-state index in [1.165, 1.54) is 30.5 Å². The van der Waals surface area contributed by atoms with Gasteiger partial charge in [0.2, 0.25) is 0 Å². The fourth-order valence-electron chi connectivity index (χ4n) is 4.93. The number of alkyl halides is 3. The Labute approximate surface area is 187 Å². The molecule has 9 heteroatoms. The van der Waals surface area contributed by atoms with E-state index in [0.717, 1.165) is 0 Å². The molecule has 3 aromatic rings. The first kappa shape index (κ1) is 21.2. The van der Waals surface area contributed by atoms with Crippen LogP contribution in [0.4, 0.5) is 23.4 Å². The molecule has 0 aliphatic heterocycles. The van der Waals surface area contributed by atoms with E-state index in [1.54, 1.807) is 18.3 Å². The van der Waals surface area contributed by atoms with E-state index in [9.17, 15) is 17.6 Å². The van der Waals surface area contributed by atoms with E-state index >= 15 is 0 Å². The maximum absolute atomic E-state index is 13.7. The number of anilines is 1. The second-order valence-electron chi connectivity index (χ2n) is 8.51. The number of rotatable bonds is 6. The predicted molar refractivity (Wildman–Crippen MR) is 113 cm³/mol. The molecule has 168 valence electrons. The Morgan fingerprint density at radius 2 is 1.88 bits per heavy atom. The molecule has 32 heavy (non-hydrogen) atoms. The van der Waals surface area contributed by atoms with Crippen molar-refractivity contribution in [2.45, 2.75) is 37.6 Å². The minimum atomic E-state index is -4.38. The summed E-state index contributed by atoms with van der Waals surface area (Å²) in [7, 11) is 0. The summed E-state index contributed by atoms with van der Waals surface area (Å²) >= 11 is 5.76. The van der Waals surface area contributed by atoms with Crippen LogP contribution in [-0.4, -0.2) is 28.3 Å². The minimum absolute atomic E-state index is 0.000735. The van der Waals surface area contributed by atoms with Crippen molar-refractivity contribution in [3.63, 3.8) is 0 Å². The molecule has 2 heterocycles. The van der Waals surface area contributed by atoms with Crippen molar-refractivity contribution in [2.24, 2.45) is 17.8 Å². The van der Waals surface area contributed by atoms with Crippen LogP contribution < -0.4 is 10.1 Å². The SMILES string of the molecule is Fc1ccc2nccc(O[C@H]3C[C@@H]4[C@@H](CC(Nc5ccc(Cl)cn5)C(F)(F)F)[C@@H]4C3)c2c1. The Morgan fingerprint density at radius 3 is 2.56 bits per heavy atom. The highest BCUT2D eigenvalue weighted by Gasteiger charge is 2.58. The molecular formula is C23H20ClF4N3O. The van der Waals surface area contributed by atoms with Crippen LogP contribution in [0, 0.1) is 23.6 Å². The summed E-state index contributed by atoms with van der Waals surface area (Å²) in [6.45, 7) is 0. The average Bonchev–Trinajstić information content (AvgIpc) is 3.18. The molecule has 0 bridgehead atoms. The van der Waals surface area contributed by atoms with Gasteiger partial charge in [-0.15, -0.1) is 0 Å². The lowest BCUT2D eigenvalue weighted by Crippen LogP contribution is -2.37. The first-order valence-corrected chi connectivity index (χ1v) is 10.8. The zero-order valence-corrected chi connectivity index (χ0v) is 17.6. The fraction of sp³-hybridized carbons (Fsp3) is 0.391. The van der Waals surface area contributed by atoms with Crippen molar-refractivity contribution >= 4 is 28.3 Å². The van der Waals surface area contributed by atoms with Gasteiger partial charge in [-0.2, -0.15) is 13.2 Å². The third-order valence-electron chi connectivity index (χ3n) is 6.49. The van der Waals surface area contributed by atoms with Crippen LogP contribution in [0.25, 0.3) is 10.9 Å². The molecule has 2 aliphatic rings. The molecule has 2 aromatic heterocycles. The van der Waals surface area contributed by atoms with Gasteiger partial charge in [-0.3, -0.25) is 4.98 Å². The van der Waals surface area contributed by atoms with Gasteiger partial charge >= 0.3 is 6.18 Å². The first-order chi connectivity index (χ1) is 15.3. The van der Waals surface area contributed by atoms with Crippen LogP contribution in [-0.2, 0) is 0 Å². The van der Waals surface area contributed by atoms with Gasteiger partial charge in [-0.1, -0.05) is 11.6 Å². The number of nitrogens with zero attached hydrogens (tertiary/aromatic N) is 2. The van der Waals surface area contributed by atoms with Gasteiger partial charge in [0.15, 0.2) is 0 Å². The summed E-state index contributed by atoms with van der Waals surface area (Å²) in [4.78, 5) is 8.14. The van der Waals surface area contributed by atoms with Crippen molar-refractivity contribution in [1.82, 2.24) is 9.97 Å². The average molecular weight is 466 g/mol. The number of hydrogen-bond acceptors (Lipinski definition) is 4. The normalized spacial score (nSPS) is 25.4. The van der Waals surface area contributed by atoms with Crippen molar-refractivity contribution < 1.29 is 22.3 Å². The quantitative estimate of drug-likeness (QED) is 0.436. The van der Waals surface area contributed by atoms with E-state index in [0.29, 0.717) is 34.5 Å². The summed E-state index contributed by atoms with van der Waals surface area (Å²) in [5, 5.41) is 3.48. The second-order valence-corrected chi connectivity index (χ2v) is 8.95. The zero-order valence-electron chi connectivity index (χ0n) is 16.8. The van der Waals surface area contributed by atoms with Gasteiger partial charge in [-0.05, 0) is 73.4 Å². The largest absolute Gasteiger partial charge is 0.490 e. The number of ether oxygens (including phenoxy) is 1. The Balaban J connectivity index is 1.21. The van der Waals surface area contributed by atoms with Gasteiger partial charge < -0.3 is 10.1 Å². The smallest absolute Gasteiger partial charge is 0.408 e. The highest BCUT2D eigenvalue weighted by Crippen LogP contribution is 2.60. The lowest BCUT2D eigenvalue weighted by atomic mass is 10.0. The number of pyridine rings is 2. The molecule has 5 rings (SSSR count). The third-order valence-corrected chi connectivity index (χ3v) is 6.71. The van der Waals surface area contributed by atoms with Crippen molar-refractivity contribution in [2.75, 3.05) is 5.32 Å². The Morgan fingerprint density at radius 1 is 1.09 bits per heavy atom. The molecule has 0 spiro atoms. The van der Waals surface area contributed by atoms with Gasteiger partial charge in [0.1, 0.15) is 23.4 Å². The molecule has 4 nitrogen and oxygen atoms in total. The predicted octanol–water partition coefficient (Wildman–Crippen LogP) is 6.26. The third kappa shape index (κ3) is 4.33. The highest BCUT2D eigenvalue weighted by atomic mass is 35.5. The Bertz CT molecular complexity index is 1110. The van der Waals surface area contributed by atoms with Crippen LogP contribution in [0.1, 0.15) is 19.3 Å². The summed E-state index contributed by atoms with van der Waals surface area (Å²) in [5.74, 6) is 0.740. The van der Waals surface area contributed by atoms with Crippen LogP contribution in [0.2, 0.25) is 5.02 Å². The maximum atomic E-state index is 13.7. The molecule has 1 aromatic carbocycles. The number of hydrogen-bond donors (Lipinski definition) is 1. The van der Waals surface area contributed by atoms with Gasteiger partial charge in [0, 0.05) is 17.8 Å². The van der Waals surface area contributed by atoms with Gasteiger partial charge in [0.05, 0.1) is 16.6 Å². The standard InChI is InChI=1S/C23H20ClF4N3O/c24-12-1-4-22(30-11-12)31-21(23(26,27)28)10-17-15-8-14(9-16(15)17)32-20-5-6-29-19-3-2-13(25)7-18(19)20/h1-7,11,14-17,21H,8-10H2,(H,30,31)/t14-,15-,16+,17+,21?. The van der Waals surface area contributed by atoms with Crippen LogP contribution in [0.3, 0.4) is 0 Å². The van der Waals surface area contributed by atoms with Crippen LogP contribution >= 0.6 is 11.6 Å². The summed E-state index contributed by atoms with van der Waals surface area (Å²) in [6.07, 6.45) is -0.160. The zero-order chi connectivity index (χ0) is 22.5. The van der Waals surface area contributed by atoms with E-state index in [1.807, 2.05) is 0 Å². The molecule has 0 radical (unpaired) electrons. The maximum Gasteiger partial charge on any atom is 0.408 e. The first-order valence-electron chi connectivity index (χ1n) is 10.4. The number of nitrogens with one attached hydrogen (secondary N) is 1. The summed E-state index contributed by atoms with van der Waals surface area (Å²) in [6, 6.07) is 7.32. The van der Waals surface area contributed by atoms with E-state index in [-0.39, 0.29) is 41.9 Å². The molecule has 0 amide bonds. The molecule has 1 unspecified atom stereocenters. The summed E-state index contributed by atoms with van der Waals surface area (Å²) in [5.41, 5.74) is 0.639. The van der Waals surface area contributed by atoms with Gasteiger partial charge in [-0.25, -0.2) is 9.37 Å². The number of halogens is 5. The number of benzene rings is 1. The van der Waals surface area contributed by atoms with Crippen molar-refractivity contribution in [3.05, 3.63) is 59.6 Å². The second kappa shape index (κ2) is 8.06. The summed E-state index contributed by atoms with van der Waals surface area (Å²) < 4.78 is 60.6. The monoisotopic (exact) mass is 465 g/mol. The molecule has 5 atom stereocenters. The minimum Gasteiger partial charge on any atom is -0.490 e. The molecule has 0 saturated heterocycles. The van der Waals surface area contributed by atoms with E-state index in [4.69, 9.17) is 16.3 Å². The fourth-order valence-corrected chi connectivity index (χ4v) is 5.05. The van der Waals surface area contributed by atoms with Crippen molar-refractivity contribution in [1.29, 1.82) is 0 Å². The van der Waals surface area contributed by atoms with Gasteiger partial charge in [0.25, 0.3) is 0 Å². The lowest BCUT2D eigenvalue weighted by Gasteiger charge is -2.24.